The number of nitrogens with one attached hydrogen (secondary N) is 1. The molecule has 2 amide bonds. The predicted octanol–water partition coefficient (Wildman–Crippen LogP) is 4.83. The molecule has 0 saturated heterocycles. The highest BCUT2D eigenvalue weighted by Gasteiger charge is 2.34. The fraction of sp³-hybridized carbons (Fsp3) is 0.212. The monoisotopic (exact) mass is 569 g/mol. The van der Waals surface area contributed by atoms with Gasteiger partial charge in [-0.25, -0.2) is 8.42 Å². The number of aryl methyl sites for hydroxylation is 1. The smallest absolute Gasteiger partial charge is 0.264 e. The largest absolute Gasteiger partial charge is 0.357 e. The summed E-state index contributed by atoms with van der Waals surface area (Å²) >= 11 is 0. The van der Waals surface area contributed by atoms with Crippen molar-refractivity contribution in [3.8, 4) is 0 Å². The second-order valence-electron chi connectivity index (χ2n) is 9.63. The van der Waals surface area contributed by atoms with Gasteiger partial charge in [0.25, 0.3) is 10.0 Å². The number of carbonyl (C=O) groups excluding carboxylic acids is 2. The van der Waals surface area contributed by atoms with Gasteiger partial charge in [0.2, 0.25) is 11.8 Å². The van der Waals surface area contributed by atoms with E-state index in [9.17, 15) is 18.0 Å². The van der Waals surface area contributed by atoms with Gasteiger partial charge in [-0.1, -0.05) is 104 Å². The maximum Gasteiger partial charge on any atom is 0.264 e. The number of sulfonamides is 1. The number of carbonyl (C=O) groups is 2. The number of amides is 2. The van der Waals surface area contributed by atoms with E-state index in [1.165, 1.54) is 28.4 Å². The van der Waals surface area contributed by atoms with E-state index in [4.69, 9.17) is 0 Å². The minimum atomic E-state index is -4.11. The molecule has 0 bridgehead atoms. The molecular formula is C33H35N3O4S. The highest BCUT2D eigenvalue weighted by atomic mass is 32.2. The molecule has 0 aromatic heterocycles. The van der Waals surface area contributed by atoms with Crippen molar-refractivity contribution in [3.05, 3.63) is 132 Å². The number of para-hydroxylation sites is 1. The Kier molecular flexibility index (Phi) is 9.92. The van der Waals surface area contributed by atoms with E-state index in [0.29, 0.717) is 12.1 Å². The third-order valence-corrected chi connectivity index (χ3v) is 8.74. The molecule has 4 aromatic rings. The van der Waals surface area contributed by atoms with Gasteiger partial charge in [-0.05, 0) is 41.3 Å². The first kappa shape index (κ1) is 29.6. The van der Waals surface area contributed by atoms with Crippen LogP contribution >= 0.6 is 0 Å². The summed E-state index contributed by atoms with van der Waals surface area (Å²) in [5.41, 5.74) is 2.94. The number of likely N-dealkylation sites (N-methyl/N-ethyl adjacent to an activating group) is 1. The number of hydrogen-bond donors (Lipinski definition) is 1. The Labute approximate surface area is 242 Å². The first-order valence-electron chi connectivity index (χ1n) is 13.6. The Hall–Kier alpha value is -4.43. The van der Waals surface area contributed by atoms with E-state index in [1.54, 1.807) is 30.3 Å². The van der Waals surface area contributed by atoms with E-state index in [2.05, 4.69) is 5.32 Å². The number of anilines is 1. The summed E-state index contributed by atoms with van der Waals surface area (Å²) in [6.07, 6.45) is 0.851. The molecule has 0 spiro atoms. The van der Waals surface area contributed by atoms with E-state index in [0.717, 1.165) is 16.7 Å². The van der Waals surface area contributed by atoms with E-state index in [1.807, 2.05) is 79.7 Å². The van der Waals surface area contributed by atoms with Crippen molar-refractivity contribution in [2.75, 3.05) is 17.9 Å². The van der Waals surface area contributed by atoms with Crippen LogP contribution in [0.4, 0.5) is 5.69 Å². The summed E-state index contributed by atoms with van der Waals surface area (Å²) in [4.78, 5) is 29.2. The van der Waals surface area contributed by atoms with Crippen LogP contribution in [0.15, 0.2) is 120 Å². The first-order valence-corrected chi connectivity index (χ1v) is 15.0. The lowest BCUT2D eigenvalue weighted by Gasteiger charge is -2.34. The quantitative estimate of drug-likeness (QED) is 0.265. The molecule has 0 aliphatic rings. The second-order valence-corrected chi connectivity index (χ2v) is 11.5. The lowest BCUT2D eigenvalue weighted by Crippen LogP contribution is -2.53. The van der Waals surface area contributed by atoms with Gasteiger partial charge in [0.15, 0.2) is 0 Å². The number of nitrogens with zero attached hydrogens (tertiary/aromatic N) is 2. The Bertz CT molecular complexity index is 1550. The topological polar surface area (TPSA) is 86.8 Å². The molecule has 7 nitrogen and oxygen atoms in total. The number of rotatable bonds is 12. The van der Waals surface area contributed by atoms with Crippen molar-refractivity contribution in [1.82, 2.24) is 10.2 Å². The van der Waals surface area contributed by atoms with Crippen molar-refractivity contribution < 1.29 is 18.0 Å². The minimum absolute atomic E-state index is 0.0838. The standard InChI is InChI=1S/C33H35N3O4S/c1-3-28-19-13-14-22-30(28)36(41(39,40)29-20-11-6-12-21-29)25-32(37)35(24-27-17-9-5-10-18-27)31(33(38)34-2)23-26-15-7-4-8-16-26/h4-22,31H,3,23-25H2,1-2H3,(H,34,38). The van der Waals surface area contributed by atoms with Crippen molar-refractivity contribution in [2.45, 2.75) is 37.2 Å². The molecule has 1 atom stereocenters. The minimum Gasteiger partial charge on any atom is -0.357 e. The molecule has 41 heavy (non-hydrogen) atoms. The van der Waals surface area contributed by atoms with Crippen molar-refractivity contribution in [1.29, 1.82) is 0 Å². The average Bonchev–Trinajstić information content (AvgIpc) is 3.02. The molecule has 0 fully saturated rings. The summed E-state index contributed by atoms with van der Waals surface area (Å²) in [6, 6.07) is 33.3. The van der Waals surface area contributed by atoms with Crippen LogP contribution in [0.5, 0.6) is 0 Å². The lowest BCUT2D eigenvalue weighted by molar-refractivity contribution is -0.139. The maximum absolute atomic E-state index is 14.3. The third-order valence-electron chi connectivity index (χ3n) is 6.96. The normalized spacial score (nSPS) is 11.9. The van der Waals surface area contributed by atoms with Gasteiger partial charge in [-0.3, -0.25) is 13.9 Å². The molecule has 0 saturated carbocycles. The Morgan fingerprint density at radius 2 is 1.29 bits per heavy atom. The van der Waals surface area contributed by atoms with Crippen LogP contribution in [0, 0.1) is 0 Å². The van der Waals surface area contributed by atoms with E-state index < -0.39 is 28.5 Å². The molecule has 0 radical (unpaired) electrons. The predicted molar refractivity (Wildman–Crippen MR) is 162 cm³/mol. The lowest BCUT2D eigenvalue weighted by atomic mass is 10.0. The van der Waals surface area contributed by atoms with Gasteiger partial charge < -0.3 is 10.2 Å². The molecule has 4 aromatic carbocycles. The van der Waals surface area contributed by atoms with Crippen molar-refractivity contribution >= 4 is 27.5 Å². The van der Waals surface area contributed by atoms with E-state index >= 15 is 0 Å². The molecule has 212 valence electrons. The zero-order valence-electron chi connectivity index (χ0n) is 23.3. The van der Waals surface area contributed by atoms with E-state index in [-0.39, 0.29) is 23.8 Å². The third kappa shape index (κ3) is 7.21. The zero-order chi connectivity index (χ0) is 29.2. The molecule has 4 rings (SSSR count). The van der Waals surface area contributed by atoms with Crippen LogP contribution in [0.3, 0.4) is 0 Å². The second kappa shape index (κ2) is 13.8. The van der Waals surface area contributed by atoms with Gasteiger partial charge >= 0.3 is 0 Å². The zero-order valence-corrected chi connectivity index (χ0v) is 24.1. The molecule has 1 N–H and O–H groups in total. The van der Waals surface area contributed by atoms with Crippen LogP contribution in [0.1, 0.15) is 23.6 Å². The molecule has 0 aliphatic heterocycles. The molecule has 1 unspecified atom stereocenters. The molecule has 0 aliphatic carbocycles. The molecule has 0 heterocycles. The fourth-order valence-electron chi connectivity index (χ4n) is 4.79. The number of benzene rings is 4. The maximum atomic E-state index is 14.3. The highest BCUT2D eigenvalue weighted by Crippen LogP contribution is 2.28. The summed E-state index contributed by atoms with van der Waals surface area (Å²) in [6.45, 7) is 1.61. The Balaban J connectivity index is 1.79. The van der Waals surface area contributed by atoms with Crippen LogP contribution < -0.4 is 9.62 Å². The van der Waals surface area contributed by atoms with Crippen LogP contribution in [0.2, 0.25) is 0 Å². The summed E-state index contributed by atoms with van der Waals surface area (Å²) in [7, 11) is -2.58. The molecular weight excluding hydrogens is 534 g/mol. The van der Waals surface area contributed by atoms with Crippen LogP contribution in [-0.2, 0) is 39.0 Å². The summed E-state index contributed by atoms with van der Waals surface area (Å²) < 4.78 is 29.3. The molecule has 8 heteroatoms. The Morgan fingerprint density at radius 3 is 1.88 bits per heavy atom. The van der Waals surface area contributed by atoms with Crippen LogP contribution in [-0.4, -0.2) is 44.8 Å². The van der Waals surface area contributed by atoms with Gasteiger partial charge in [0.1, 0.15) is 12.6 Å². The van der Waals surface area contributed by atoms with Gasteiger partial charge in [-0.2, -0.15) is 0 Å². The SMILES string of the molecule is CCc1ccccc1N(CC(=O)N(Cc1ccccc1)C(Cc1ccccc1)C(=O)NC)S(=O)(=O)c1ccccc1. The summed E-state index contributed by atoms with van der Waals surface area (Å²) in [5.74, 6) is -0.812. The van der Waals surface area contributed by atoms with Crippen molar-refractivity contribution in [3.63, 3.8) is 0 Å². The first-order chi connectivity index (χ1) is 19.8. The van der Waals surface area contributed by atoms with Crippen LogP contribution in [0.25, 0.3) is 0 Å². The van der Waals surface area contributed by atoms with Gasteiger partial charge in [-0.15, -0.1) is 0 Å². The van der Waals surface area contributed by atoms with Gasteiger partial charge in [0.05, 0.1) is 10.6 Å². The van der Waals surface area contributed by atoms with Gasteiger partial charge in [0, 0.05) is 20.0 Å². The number of hydrogen-bond acceptors (Lipinski definition) is 4. The average molecular weight is 570 g/mol. The Morgan fingerprint density at radius 1 is 0.756 bits per heavy atom. The summed E-state index contributed by atoms with van der Waals surface area (Å²) in [5, 5.41) is 2.70. The fourth-order valence-corrected chi connectivity index (χ4v) is 6.26. The van der Waals surface area contributed by atoms with Crippen molar-refractivity contribution in [2.24, 2.45) is 0 Å². The highest BCUT2D eigenvalue weighted by molar-refractivity contribution is 7.92.